The van der Waals surface area contributed by atoms with Crippen molar-refractivity contribution >= 4 is 11.6 Å². The summed E-state index contributed by atoms with van der Waals surface area (Å²) in [7, 11) is 0. The van der Waals surface area contributed by atoms with Crippen molar-refractivity contribution in [3.05, 3.63) is 11.9 Å². The van der Waals surface area contributed by atoms with Gasteiger partial charge in [-0.05, 0) is 25.2 Å². The van der Waals surface area contributed by atoms with Crippen LogP contribution in [0.5, 0.6) is 0 Å². The molecule has 1 aromatic heterocycles. The highest BCUT2D eigenvalue weighted by Crippen LogP contribution is 2.29. The smallest absolute Gasteiger partial charge is 0.137 e. The molecule has 2 N–H and O–H groups in total. The fourth-order valence-electron chi connectivity index (χ4n) is 2.70. The number of nitrogen functional groups attached to an aromatic ring is 1. The molecule has 0 spiro atoms. The number of anilines is 2. The molecule has 1 atom stereocenters. The van der Waals surface area contributed by atoms with E-state index in [1.807, 2.05) is 0 Å². The van der Waals surface area contributed by atoms with Crippen LogP contribution in [0.25, 0.3) is 0 Å². The van der Waals surface area contributed by atoms with Crippen LogP contribution in [0.4, 0.5) is 11.6 Å². The Kier molecular flexibility index (Phi) is 3.82. The second-order valence-electron chi connectivity index (χ2n) is 4.80. The minimum atomic E-state index is 0.636. The van der Waals surface area contributed by atoms with Gasteiger partial charge in [-0.15, -0.1) is 0 Å². The first-order valence-corrected chi connectivity index (χ1v) is 6.60. The number of rotatable bonds is 4. The Morgan fingerprint density at radius 2 is 2.24 bits per heavy atom. The summed E-state index contributed by atoms with van der Waals surface area (Å²) in [4.78, 5) is 10.9. The summed E-state index contributed by atoms with van der Waals surface area (Å²) in [5.41, 5.74) is 7.02. The van der Waals surface area contributed by atoms with Crippen LogP contribution >= 0.6 is 0 Å². The number of aromatic nitrogens is 2. The number of nitrogens with two attached hydrogens (primary N) is 1. The molecule has 0 amide bonds. The van der Waals surface area contributed by atoms with E-state index in [2.05, 4.69) is 28.7 Å². The van der Waals surface area contributed by atoms with E-state index in [0.717, 1.165) is 36.8 Å². The third kappa shape index (κ3) is 2.51. The molecule has 4 nitrogen and oxygen atoms in total. The molecule has 2 heterocycles. The van der Waals surface area contributed by atoms with Gasteiger partial charge in [-0.2, -0.15) is 0 Å². The fraction of sp³-hybridized carbons (Fsp3) is 0.692. The van der Waals surface area contributed by atoms with E-state index >= 15 is 0 Å². The molecule has 0 aromatic carbocycles. The monoisotopic (exact) mass is 234 g/mol. The highest BCUT2D eigenvalue weighted by atomic mass is 15.2. The maximum atomic E-state index is 5.92. The lowest BCUT2D eigenvalue weighted by Gasteiger charge is -2.20. The third-order valence-electron chi connectivity index (χ3n) is 3.59. The topological polar surface area (TPSA) is 55.0 Å². The summed E-state index contributed by atoms with van der Waals surface area (Å²) in [5.74, 6) is 2.51. The van der Waals surface area contributed by atoms with Crippen molar-refractivity contribution in [3.63, 3.8) is 0 Å². The zero-order chi connectivity index (χ0) is 12.3. The Bertz CT molecular complexity index is 378. The van der Waals surface area contributed by atoms with E-state index in [1.165, 1.54) is 19.3 Å². The van der Waals surface area contributed by atoms with Crippen molar-refractivity contribution in [2.45, 2.75) is 39.5 Å². The average molecular weight is 234 g/mol. The summed E-state index contributed by atoms with van der Waals surface area (Å²) < 4.78 is 0. The van der Waals surface area contributed by atoms with Gasteiger partial charge < -0.3 is 10.6 Å². The van der Waals surface area contributed by atoms with Gasteiger partial charge in [0.25, 0.3) is 0 Å². The normalized spacial score (nSPS) is 19.9. The summed E-state index contributed by atoms with van der Waals surface area (Å²) in [6, 6.07) is 0. The van der Waals surface area contributed by atoms with Crippen LogP contribution in [0.3, 0.4) is 0 Å². The molecule has 94 valence electrons. The van der Waals surface area contributed by atoms with Crippen molar-refractivity contribution in [1.29, 1.82) is 0 Å². The van der Waals surface area contributed by atoms with Crippen molar-refractivity contribution in [3.8, 4) is 0 Å². The third-order valence-corrected chi connectivity index (χ3v) is 3.59. The van der Waals surface area contributed by atoms with Crippen LogP contribution in [0.2, 0.25) is 0 Å². The second-order valence-corrected chi connectivity index (χ2v) is 4.80. The van der Waals surface area contributed by atoms with Gasteiger partial charge in [0.2, 0.25) is 0 Å². The molecule has 0 saturated carbocycles. The van der Waals surface area contributed by atoms with E-state index in [1.54, 1.807) is 6.33 Å². The van der Waals surface area contributed by atoms with Crippen molar-refractivity contribution in [2.75, 3.05) is 23.7 Å². The maximum Gasteiger partial charge on any atom is 0.137 e. The Labute approximate surface area is 103 Å². The van der Waals surface area contributed by atoms with E-state index in [9.17, 15) is 0 Å². The quantitative estimate of drug-likeness (QED) is 0.868. The highest BCUT2D eigenvalue weighted by molar-refractivity contribution is 5.57. The van der Waals surface area contributed by atoms with Crippen molar-refractivity contribution in [1.82, 2.24) is 9.97 Å². The van der Waals surface area contributed by atoms with Crippen LogP contribution in [0.15, 0.2) is 6.33 Å². The maximum absolute atomic E-state index is 5.92. The van der Waals surface area contributed by atoms with Crippen molar-refractivity contribution in [2.24, 2.45) is 5.92 Å². The van der Waals surface area contributed by atoms with Gasteiger partial charge in [-0.3, -0.25) is 0 Å². The standard InChI is InChI=1S/C13H22N4/c1-3-5-10-6-7-17(8-10)13-11(4-2)12(14)15-9-16-13/h9-10H,3-8H2,1-2H3,(H2,14,15,16). The van der Waals surface area contributed by atoms with E-state index in [0.29, 0.717) is 5.82 Å². The molecule has 1 aliphatic rings. The molecule has 1 fully saturated rings. The summed E-state index contributed by atoms with van der Waals surface area (Å²) in [6.07, 6.45) is 6.35. The Hall–Kier alpha value is -1.32. The van der Waals surface area contributed by atoms with Crippen LogP contribution in [-0.2, 0) is 6.42 Å². The molecular formula is C13H22N4. The minimum absolute atomic E-state index is 0.636. The largest absolute Gasteiger partial charge is 0.383 e. The first kappa shape index (κ1) is 12.1. The Balaban J connectivity index is 2.15. The van der Waals surface area contributed by atoms with Gasteiger partial charge >= 0.3 is 0 Å². The molecule has 0 aliphatic carbocycles. The molecule has 17 heavy (non-hydrogen) atoms. The summed E-state index contributed by atoms with van der Waals surface area (Å²) in [6.45, 7) is 6.59. The Morgan fingerprint density at radius 3 is 2.94 bits per heavy atom. The zero-order valence-corrected chi connectivity index (χ0v) is 10.8. The predicted molar refractivity (Wildman–Crippen MR) is 71.1 cm³/mol. The molecule has 1 saturated heterocycles. The average Bonchev–Trinajstić information content (AvgIpc) is 2.78. The van der Waals surface area contributed by atoms with Crippen LogP contribution < -0.4 is 10.6 Å². The van der Waals surface area contributed by atoms with Gasteiger partial charge in [0.15, 0.2) is 0 Å². The number of hydrogen-bond acceptors (Lipinski definition) is 4. The lowest BCUT2D eigenvalue weighted by Crippen LogP contribution is -2.23. The molecule has 2 rings (SSSR count). The molecule has 1 unspecified atom stereocenters. The minimum Gasteiger partial charge on any atom is -0.383 e. The van der Waals surface area contributed by atoms with E-state index in [4.69, 9.17) is 5.73 Å². The van der Waals surface area contributed by atoms with Gasteiger partial charge in [0.05, 0.1) is 0 Å². The first-order valence-electron chi connectivity index (χ1n) is 6.60. The first-order chi connectivity index (χ1) is 8.26. The molecular weight excluding hydrogens is 212 g/mol. The Morgan fingerprint density at radius 1 is 1.41 bits per heavy atom. The fourth-order valence-corrected chi connectivity index (χ4v) is 2.70. The highest BCUT2D eigenvalue weighted by Gasteiger charge is 2.24. The number of hydrogen-bond donors (Lipinski definition) is 1. The lowest BCUT2D eigenvalue weighted by molar-refractivity contribution is 0.529. The lowest BCUT2D eigenvalue weighted by atomic mass is 10.0. The molecule has 4 heteroatoms. The molecule has 1 aromatic rings. The van der Waals surface area contributed by atoms with Gasteiger partial charge in [-0.1, -0.05) is 20.3 Å². The number of nitrogens with zero attached hydrogens (tertiary/aromatic N) is 3. The van der Waals surface area contributed by atoms with Gasteiger partial charge in [-0.25, -0.2) is 9.97 Å². The van der Waals surface area contributed by atoms with E-state index < -0.39 is 0 Å². The van der Waals surface area contributed by atoms with Crippen molar-refractivity contribution < 1.29 is 0 Å². The SMILES string of the molecule is CCCC1CCN(c2ncnc(N)c2CC)C1. The van der Waals surface area contributed by atoms with Crippen LogP contribution in [0.1, 0.15) is 38.7 Å². The summed E-state index contributed by atoms with van der Waals surface area (Å²) >= 11 is 0. The predicted octanol–water partition coefficient (Wildman–Crippen LogP) is 2.25. The molecule has 1 aliphatic heterocycles. The zero-order valence-electron chi connectivity index (χ0n) is 10.8. The molecule has 0 radical (unpaired) electrons. The van der Waals surface area contributed by atoms with E-state index in [-0.39, 0.29) is 0 Å². The summed E-state index contributed by atoms with van der Waals surface area (Å²) in [5, 5.41) is 0. The van der Waals surface area contributed by atoms with Gasteiger partial charge in [0.1, 0.15) is 18.0 Å². The van der Waals surface area contributed by atoms with Crippen LogP contribution in [-0.4, -0.2) is 23.1 Å². The van der Waals surface area contributed by atoms with Crippen LogP contribution in [0, 0.1) is 5.92 Å². The molecule has 0 bridgehead atoms. The second kappa shape index (κ2) is 5.34. The van der Waals surface area contributed by atoms with Gasteiger partial charge in [0, 0.05) is 18.7 Å².